The fraction of sp³-hybridized carbons (Fsp3) is 0.444. The number of hydrogen-bond donors (Lipinski definition) is 1. The molecule has 8 heteroatoms. The molecule has 1 aliphatic heterocycles. The molecule has 26 heavy (non-hydrogen) atoms. The molecule has 4 nitrogen and oxygen atoms in total. The van der Waals surface area contributed by atoms with Gasteiger partial charge in [-0.2, -0.15) is 13.2 Å². The minimum Gasteiger partial charge on any atom is -0.369 e. The lowest BCUT2D eigenvalue weighted by molar-refractivity contribution is -0.136. The molecular formula is C18H19BrF3N3O. The molecule has 0 radical (unpaired) electrons. The van der Waals surface area contributed by atoms with Gasteiger partial charge in [0.05, 0.1) is 16.4 Å². The van der Waals surface area contributed by atoms with Crippen LogP contribution in [0, 0.1) is 5.92 Å². The molecule has 0 saturated carbocycles. The molecule has 1 saturated heterocycles. The number of carbonyl (C=O) groups excluding carboxylic acids is 1. The number of fused-ring (bicyclic) bond motifs is 1. The van der Waals surface area contributed by atoms with Crippen LogP contribution in [-0.4, -0.2) is 35.4 Å². The zero-order chi connectivity index (χ0) is 18.9. The molecule has 0 unspecified atom stereocenters. The van der Waals surface area contributed by atoms with Crippen molar-refractivity contribution < 1.29 is 18.0 Å². The van der Waals surface area contributed by atoms with Crippen molar-refractivity contribution in [1.29, 1.82) is 0 Å². The van der Waals surface area contributed by atoms with Crippen LogP contribution in [0.4, 0.5) is 18.9 Å². The number of nitrogens with one attached hydrogen (secondary N) is 1. The Morgan fingerprint density at radius 1 is 1.35 bits per heavy atom. The number of benzene rings is 1. The van der Waals surface area contributed by atoms with Crippen LogP contribution < -0.4 is 10.2 Å². The van der Waals surface area contributed by atoms with E-state index in [-0.39, 0.29) is 22.8 Å². The number of hydrogen-bond acceptors (Lipinski definition) is 3. The van der Waals surface area contributed by atoms with Crippen LogP contribution in [0.15, 0.2) is 30.5 Å². The largest absolute Gasteiger partial charge is 0.418 e. The summed E-state index contributed by atoms with van der Waals surface area (Å²) in [4.78, 5) is 17.7. The molecule has 2 aromatic rings. The number of pyridine rings is 1. The minimum atomic E-state index is -4.45. The van der Waals surface area contributed by atoms with E-state index in [9.17, 15) is 18.0 Å². The first-order valence-electron chi connectivity index (χ1n) is 8.34. The fourth-order valence-corrected chi connectivity index (χ4v) is 3.74. The molecule has 0 spiro atoms. The lowest BCUT2D eigenvalue weighted by atomic mass is 9.94. The van der Waals surface area contributed by atoms with Gasteiger partial charge in [-0.05, 0) is 36.6 Å². The summed E-state index contributed by atoms with van der Waals surface area (Å²) in [7, 11) is 0. The number of amides is 1. The Balaban J connectivity index is 1.98. The fourth-order valence-electron chi connectivity index (χ4n) is 3.58. The van der Waals surface area contributed by atoms with Crippen molar-refractivity contribution in [2.75, 3.05) is 23.3 Å². The van der Waals surface area contributed by atoms with Crippen LogP contribution in [0.1, 0.15) is 18.9 Å². The molecule has 1 aromatic carbocycles. The Morgan fingerprint density at radius 3 is 2.81 bits per heavy atom. The normalized spacial score (nSPS) is 21.0. The molecule has 1 fully saturated rings. The molecule has 0 aliphatic carbocycles. The van der Waals surface area contributed by atoms with Gasteiger partial charge in [0.2, 0.25) is 5.91 Å². The van der Waals surface area contributed by atoms with Gasteiger partial charge in [-0.3, -0.25) is 9.78 Å². The van der Waals surface area contributed by atoms with Crippen LogP contribution in [0.5, 0.6) is 0 Å². The molecule has 1 aromatic heterocycles. The van der Waals surface area contributed by atoms with Gasteiger partial charge in [-0.1, -0.05) is 22.9 Å². The van der Waals surface area contributed by atoms with Gasteiger partial charge in [0.1, 0.15) is 0 Å². The van der Waals surface area contributed by atoms with Gasteiger partial charge in [0, 0.05) is 36.4 Å². The van der Waals surface area contributed by atoms with E-state index < -0.39 is 11.7 Å². The Kier molecular flexibility index (Phi) is 5.41. The average molecular weight is 430 g/mol. The second-order valence-electron chi connectivity index (χ2n) is 6.67. The number of alkyl halides is 4. The number of halogens is 4. The number of rotatable bonds is 3. The highest BCUT2D eigenvalue weighted by Crippen LogP contribution is 2.38. The first kappa shape index (κ1) is 18.9. The first-order chi connectivity index (χ1) is 12.3. The SMILES string of the molecule is C[C@H]1C[C@@H](NC(=O)CBr)CN(c2ccc(C(F)(F)F)c3ncccc23)C1. The van der Waals surface area contributed by atoms with Crippen molar-refractivity contribution in [3.63, 3.8) is 0 Å². The smallest absolute Gasteiger partial charge is 0.369 e. The summed E-state index contributed by atoms with van der Waals surface area (Å²) in [5.41, 5.74) is -0.0615. The summed E-state index contributed by atoms with van der Waals surface area (Å²) in [6, 6.07) is 5.87. The van der Waals surface area contributed by atoms with Gasteiger partial charge < -0.3 is 10.2 Å². The van der Waals surface area contributed by atoms with Crippen LogP contribution >= 0.6 is 15.9 Å². The summed E-state index contributed by atoms with van der Waals surface area (Å²) >= 11 is 3.14. The molecule has 1 amide bonds. The lowest BCUT2D eigenvalue weighted by Gasteiger charge is -2.38. The summed E-state index contributed by atoms with van der Waals surface area (Å²) in [6.07, 6.45) is -2.24. The van der Waals surface area contributed by atoms with E-state index in [1.54, 1.807) is 12.1 Å². The first-order valence-corrected chi connectivity index (χ1v) is 9.47. The molecular weight excluding hydrogens is 411 g/mol. The molecule has 2 atom stereocenters. The van der Waals surface area contributed by atoms with E-state index in [1.165, 1.54) is 12.3 Å². The zero-order valence-electron chi connectivity index (χ0n) is 14.2. The number of carbonyl (C=O) groups is 1. The van der Waals surface area contributed by atoms with Gasteiger partial charge in [0.15, 0.2) is 0 Å². The topological polar surface area (TPSA) is 45.2 Å². The van der Waals surface area contributed by atoms with E-state index in [4.69, 9.17) is 0 Å². The van der Waals surface area contributed by atoms with Gasteiger partial charge in [-0.15, -0.1) is 0 Å². The second kappa shape index (κ2) is 7.42. The predicted octanol–water partition coefficient (Wildman–Crippen LogP) is 3.98. The number of piperidine rings is 1. The minimum absolute atomic E-state index is 0.0437. The maximum absolute atomic E-state index is 13.3. The van der Waals surface area contributed by atoms with Gasteiger partial charge in [-0.25, -0.2) is 0 Å². The predicted molar refractivity (Wildman–Crippen MR) is 98.5 cm³/mol. The summed E-state index contributed by atoms with van der Waals surface area (Å²) in [5, 5.41) is 3.66. The molecule has 0 bridgehead atoms. The molecule has 1 N–H and O–H groups in total. The summed E-state index contributed by atoms with van der Waals surface area (Å²) in [6.45, 7) is 3.35. The molecule has 2 heterocycles. The Morgan fingerprint density at radius 2 is 2.12 bits per heavy atom. The highest BCUT2D eigenvalue weighted by molar-refractivity contribution is 9.09. The highest BCUT2D eigenvalue weighted by atomic mass is 79.9. The van der Waals surface area contributed by atoms with E-state index in [0.717, 1.165) is 19.0 Å². The van der Waals surface area contributed by atoms with Crippen molar-refractivity contribution in [3.05, 3.63) is 36.0 Å². The van der Waals surface area contributed by atoms with Gasteiger partial charge >= 0.3 is 6.18 Å². The van der Waals surface area contributed by atoms with Crippen molar-refractivity contribution in [2.45, 2.75) is 25.6 Å². The van der Waals surface area contributed by atoms with Crippen molar-refractivity contribution in [3.8, 4) is 0 Å². The third-order valence-corrected chi connectivity index (χ3v) is 5.05. The Bertz CT molecular complexity index is 812. The molecule has 1 aliphatic rings. The monoisotopic (exact) mass is 429 g/mol. The quantitative estimate of drug-likeness (QED) is 0.750. The van der Waals surface area contributed by atoms with Crippen LogP contribution in [-0.2, 0) is 11.0 Å². The van der Waals surface area contributed by atoms with E-state index in [2.05, 4.69) is 33.2 Å². The number of nitrogens with zero attached hydrogens (tertiary/aromatic N) is 2. The molecule has 140 valence electrons. The van der Waals surface area contributed by atoms with Crippen molar-refractivity contribution >= 4 is 38.4 Å². The number of aromatic nitrogens is 1. The van der Waals surface area contributed by atoms with E-state index >= 15 is 0 Å². The second-order valence-corrected chi connectivity index (χ2v) is 7.23. The van der Waals surface area contributed by atoms with Gasteiger partial charge in [0.25, 0.3) is 0 Å². The van der Waals surface area contributed by atoms with Crippen molar-refractivity contribution in [1.82, 2.24) is 10.3 Å². The third-order valence-electron chi connectivity index (χ3n) is 4.54. The number of anilines is 1. The highest BCUT2D eigenvalue weighted by Gasteiger charge is 2.34. The summed E-state index contributed by atoms with van der Waals surface area (Å²) in [5.74, 6) is 0.210. The maximum atomic E-state index is 13.3. The standard InChI is InChI=1S/C18H19BrF3N3O/c1-11-7-12(24-16(26)8-19)10-25(9-11)15-5-4-14(18(20,21)22)17-13(15)3-2-6-23-17/h2-6,11-12H,7-10H2,1H3,(H,24,26)/t11-,12+/m0/s1. The average Bonchev–Trinajstić information content (AvgIpc) is 2.59. The molecule has 3 rings (SSSR count). The Hall–Kier alpha value is -1.83. The van der Waals surface area contributed by atoms with Crippen LogP contribution in [0.3, 0.4) is 0 Å². The third kappa shape index (κ3) is 3.95. The Labute approximate surface area is 157 Å². The van der Waals surface area contributed by atoms with Crippen molar-refractivity contribution in [2.24, 2.45) is 5.92 Å². The van der Waals surface area contributed by atoms with E-state index in [1.807, 2.05) is 4.90 Å². The van der Waals surface area contributed by atoms with Crippen LogP contribution in [0.2, 0.25) is 0 Å². The lowest BCUT2D eigenvalue weighted by Crippen LogP contribution is -2.50. The summed E-state index contributed by atoms with van der Waals surface area (Å²) < 4.78 is 39.9. The van der Waals surface area contributed by atoms with E-state index in [0.29, 0.717) is 23.5 Å². The zero-order valence-corrected chi connectivity index (χ0v) is 15.8. The maximum Gasteiger partial charge on any atom is 0.418 e. The van der Waals surface area contributed by atoms with Crippen LogP contribution in [0.25, 0.3) is 10.9 Å².